The number of nitrogens with zero attached hydrogens (tertiary/aromatic N) is 2. The molecule has 2 aromatic heterocycles. The van der Waals surface area contributed by atoms with Crippen LogP contribution in [0.1, 0.15) is 31.2 Å². The Bertz CT molecular complexity index is 890. The largest absolute Gasteiger partial charge is 0.319 e. The Kier molecular flexibility index (Phi) is 3.91. The summed E-state index contributed by atoms with van der Waals surface area (Å²) in [7, 11) is 0. The highest BCUT2D eigenvalue weighted by Gasteiger charge is 2.16. The zero-order valence-corrected chi connectivity index (χ0v) is 12.4. The van der Waals surface area contributed by atoms with Crippen molar-refractivity contribution in [1.29, 1.82) is 0 Å². The molecule has 1 aromatic carbocycles. The fraction of sp³-hybridized carbons (Fsp3) is 0.312. The van der Waals surface area contributed by atoms with E-state index >= 15 is 0 Å². The van der Waals surface area contributed by atoms with E-state index in [-0.39, 0.29) is 16.6 Å². The van der Waals surface area contributed by atoms with Crippen LogP contribution in [-0.4, -0.2) is 19.7 Å². The van der Waals surface area contributed by atoms with Gasteiger partial charge in [0.25, 0.3) is 11.1 Å². The summed E-state index contributed by atoms with van der Waals surface area (Å²) in [6.45, 7) is 2.63. The number of rotatable bonds is 5. The number of aromatic amines is 2. The Labute approximate surface area is 126 Å². The van der Waals surface area contributed by atoms with Crippen molar-refractivity contribution in [2.24, 2.45) is 0 Å². The first-order chi connectivity index (χ1) is 10.7. The minimum atomic E-state index is -0.362. The second-order valence-electron chi connectivity index (χ2n) is 5.31. The maximum Gasteiger partial charge on any atom is 0.290 e. The predicted molar refractivity (Wildman–Crippen MR) is 85.1 cm³/mol. The fourth-order valence-corrected chi connectivity index (χ4v) is 2.58. The van der Waals surface area contributed by atoms with Crippen LogP contribution in [-0.2, 0) is 13.0 Å². The third-order valence-corrected chi connectivity index (χ3v) is 3.70. The first-order valence-electron chi connectivity index (χ1n) is 7.44. The van der Waals surface area contributed by atoms with E-state index in [2.05, 4.69) is 22.1 Å². The maximum absolute atomic E-state index is 12.1. The predicted octanol–water partition coefficient (Wildman–Crippen LogP) is 1.80. The van der Waals surface area contributed by atoms with Gasteiger partial charge in [-0.3, -0.25) is 19.8 Å². The third kappa shape index (κ3) is 2.59. The number of nitrogens with one attached hydrogen (secondary N) is 2. The van der Waals surface area contributed by atoms with Crippen molar-refractivity contribution in [3.63, 3.8) is 0 Å². The molecule has 2 N–H and O–H groups in total. The van der Waals surface area contributed by atoms with Crippen molar-refractivity contribution in [3.05, 3.63) is 62.4 Å². The number of fused-ring (bicyclic) bond motifs is 1. The van der Waals surface area contributed by atoms with Gasteiger partial charge in [-0.05, 0) is 12.0 Å². The number of H-pyrrole nitrogens is 2. The molecule has 0 aliphatic heterocycles. The average Bonchev–Trinajstić information content (AvgIpc) is 2.90. The Morgan fingerprint density at radius 1 is 1.09 bits per heavy atom. The van der Waals surface area contributed by atoms with Gasteiger partial charge in [-0.2, -0.15) is 0 Å². The number of hydrogen-bond donors (Lipinski definition) is 2. The summed E-state index contributed by atoms with van der Waals surface area (Å²) in [5, 5.41) is 4.72. The molecule has 114 valence electrons. The monoisotopic (exact) mass is 298 g/mol. The van der Waals surface area contributed by atoms with Gasteiger partial charge in [0.2, 0.25) is 0 Å². The highest BCUT2D eigenvalue weighted by Crippen LogP contribution is 2.14. The van der Waals surface area contributed by atoms with Crippen molar-refractivity contribution in [3.8, 4) is 0 Å². The molecule has 0 amide bonds. The van der Waals surface area contributed by atoms with Gasteiger partial charge in [-0.25, -0.2) is 4.98 Å². The summed E-state index contributed by atoms with van der Waals surface area (Å²) in [6, 6.07) is 9.85. The number of aromatic nitrogens is 4. The topological polar surface area (TPSA) is 83.5 Å². The molecule has 6 heteroatoms. The Balaban J connectivity index is 2.18. The minimum Gasteiger partial charge on any atom is -0.319 e. The molecule has 0 radical (unpaired) electrons. The lowest BCUT2D eigenvalue weighted by Gasteiger charge is -2.08. The molecule has 6 nitrogen and oxygen atoms in total. The number of hydrogen-bond acceptors (Lipinski definition) is 3. The quantitative estimate of drug-likeness (QED) is 0.753. The molecule has 0 atom stereocenters. The van der Waals surface area contributed by atoms with Gasteiger partial charge in [0, 0.05) is 13.0 Å². The van der Waals surface area contributed by atoms with Gasteiger partial charge >= 0.3 is 0 Å². The van der Waals surface area contributed by atoms with E-state index in [4.69, 9.17) is 0 Å². The Morgan fingerprint density at radius 2 is 1.82 bits per heavy atom. The molecule has 0 fully saturated rings. The van der Waals surface area contributed by atoms with Gasteiger partial charge < -0.3 is 4.57 Å². The number of imidazole rings is 1. The van der Waals surface area contributed by atoms with Crippen molar-refractivity contribution in [2.45, 2.75) is 32.7 Å². The van der Waals surface area contributed by atoms with Gasteiger partial charge in [-0.15, -0.1) is 0 Å². The van der Waals surface area contributed by atoms with Crippen LogP contribution in [0.5, 0.6) is 0 Å². The molecular formula is C16H18N4O2. The molecule has 3 aromatic rings. The lowest BCUT2D eigenvalue weighted by atomic mass is 10.2. The van der Waals surface area contributed by atoms with Gasteiger partial charge in [0.15, 0.2) is 5.52 Å². The van der Waals surface area contributed by atoms with Gasteiger partial charge in [-0.1, -0.05) is 43.7 Å². The summed E-state index contributed by atoms with van der Waals surface area (Å²) in [6.07, 6.45) is 2.74. The van der Waals surface area contributed by atoms with E-state index in [1.165, 1.54) is 0 Å². The Morgan fingerprint density at radius 3 is 2.55 bits per heavy atom. The smallest absolute Gasteiger partial charge is 0.290 e. The third-order valence-electron chi connectivity index (χ3n) is 3.70. The number of aryl methyl sites for hydroxylation is 1. The minimum absolute atomic E-state index is 0.214. The summed E-state index contributed by atoms with van der Waals surface area (Å²) in [4.78, 5) is 28.5. The molecule has 3 rings (SSSR count). The molecule has 2 heterocycles. The van der Waals surface area contributed by atoms with E-state index in [1.807, 2.05) is 34.9 Å². The molecule has 0 aliphatic rings. The summed E-state index contributed by atoms with van der Waals surface area (Å²) in [5.74, 6) is 0.780. The van der Waals surface area contributed by atoms with E-state index < -0.39 is 0 Å². The van der Waals surface area contributed by atoms with E-state index in [0.717, 1.165) is 30.7 Å². The molecule has 0 aliphatic carbocycles. The molecule has 0 unspecified atom stereocenters. The lowest BCUT2D eigenvalue weighted by molar-refractivity contribution is 0.688. The molecule has 0 spiro atoms. The van der Waals surface area contributed by atoms with Crippen molar-refractivity contribution in [2.75, 3.05) is 0 Å². The zero-order chi connectivity index (χ0) is 15.5. The molecule has 0 saturated heterocycles. The van der Waals surface area contributed by atoms with Crippen LogP contribution in [0, 0.1) is 0 Å². The van der Waals surface area contributed by atoms with Crippen LogP contribution < -0.4 is 11.1 Å². The van der Waals surface area contributed by atoms with Gasteiger partial charge in [0.05, 0.1) is 0 Å². The first kappa shape index (κ1) is 14.3. The zero-order valence-electron chi connectivity index (χ0n) is 12.4. The van der Waals surface area contributed by atoms with Crippen LogP contribution in [0.2, 0.25) is 0 Å². The molecule has 22 heavy (non-hydrogen) atoms. The number of unbranched alkanes of at least 4 members (excludes halogenated alkanes) is 1. The molecule has 0 bridgehead atoms. The van der Waals surface area contributed by atoms with Crippen LogP contribution in [0.25, 0.3) is 11.0 Å². The maximum atomic E-state index is 12.1. The molecule has 0 saturated carbocycles. The van der Waals surface area contributed by atoms with Crippen LogP contribution in [0.3, 0.4) is 0 Å². The van der Waals surface area contributed by atoms with Crippen LogP contribution in [0.4, 0.5) is 0 Å². The lowest BCUT2D eigenvalue weighted by Crippen LogP contribution is -2.21. The van der Waals surface area contributed by atoms with Crippen LogP contribution >= 0.6 is 0 Å². The standard InChI is InChI=1S/C16H18N4O2/c1-2-3-9-12-17-13-14(16(22)19-18-15(13)21)20(12)10-11-7-5-4-6-8-11/h4-8H,2-3,9-10H2,1H3,(H,18,21)(H,19,22). The van der Waals surface area contributed by atoms with Crippen molar-refractivity contribution < 1.29 is 0 Å². The number of benzene rings is 1. The van der Waals surface area contributed by atoms with Crippen molar-refractivity contribution >= 4 is 11.0 Å². The summed E-state index contributed by atoms with van der Waals surface area (Å²) in [5.41, 5.74) is 0.948. The second-order valence-corrected chi connectivity index (χ2v) is 5.31. The SMILES string of the molecule is CCCCc1nc2c(=O)[nH][nH]c(=O)c2n1Cc1ccccc1. The summed E-state index contributed by atoms with van der Waals surface area (Å²) >= 11 is 0. The van der Waals surface area contributed by atoms with Crippen LogP contribution in [0.15, 0.2) is 39.9 Å². The Hall–Kier alpha value is -2.63. The highest BCUT2D eigenvalue weighted by molar-refractivity contribution is 5.73. The van der Waals surface area contributed by atoms with E-state index in [1.54, 1.807) is 0 Å². The first-order valence-corrected chi connectivity index (χ1v) is 7.44. The van der Waals surface area contributed by atoms with Crippen molar-refractivity contribution in [1.82, 2.24) is 19.7 Å². The van der Waals surface area contributed by atoms with Gasteiger partial charge in [0.1, 0.15) is 11.3 Å². The van der Waals surface area contributed by atoms with E-state index in [9.17, 15) is 9.59 Å². The fourth-order valence-electron chi connectivity index (χ4n) is 2.58. The highest BCUT2D eigenvalue weighted by atomic mass is 16.1. The molecular weight excluding hydrogens is 280 g/mol. The second kappa shape index (κ2) is 6.01. The average molecular weight is 298 g/mol. The summed E-state index contributed by atoms with van der Waals surface area (Å²) < 4.78 is 1.86. The normalized spacial score (nSPS) is 11.1. The van der Waals surface area contributed by atoms with E-state index in [0.29, 0.717) is 12.1 Å².